The lowest BCUT2D eigenvalue weighted by Crippen LogP contribution is -2.41. The molecule has 9 nitrogen and oxygen atoms in total. The molecule has 1 unspecified atom stereocenters. The Bertz CT molecular complexity index is 2170. The fraction of sp³-hybridized carbons (Fsp3) is 0.342. The second-order valence-corrected chi connectivity index (χ2v) is 13.7. The SMILES string of the molecule is C=CC(=O)N1CCn2nc(-c3nc(-c4ccc5c(c4)CN(CCOC)CC5(F)F)c4ccsc4c3-c3c(F)cc(F)cc3OCCOC)cc2C1C. The molecule has 14 heteroatoms. The third-order valence-electron chi connectivity index (χ3n) is 9.58. The van der Waals surface area contributed by atoms with E-state index in [1.807, 2.05) is 24.4 Å². The highest BCUT2D eigenvalue weighted by molar-refractivity contribution is 7.18. The van der Waals surface area contributed by atoms with Crippen LogP contribution in [0.4, 0.5) is 17.6 Å². The van der Waals surface area contributed by atoms with Crippen LogP contribution in [-0.4, -0.2) is 84.1 Å². The number of aromatic nitrogens is 3. The van der Waals surface area contributed by atoms with Gasteiger partial charge in [0.15, 0.2) is 0 Å². The maximum atomic E-state index is 16.2. The van der Waals surface area contributed by atoms with E-state index in [-0.39, 0.29) is 47.7 Å². The molecule has 2 aliphatic rings. The smallest absolute Gasteiger partial charge is 0.285 e. The monoisotopic (exact) mass is 735 g/mol. The Morgan fingerprint density at radius 3 is 2.62 bits per heavy atom. The van der Waals surface area contributed by atoms with Crippen LogP contribution in [0.3, 0.4) is 0 Å². The molecule has 3 aromatic heterocycles. The van der Waals surface area contributed by atoms with Crippen molar-refractivity contribution < 1.29 is 36.6 Å². The summed E-state index contributed by atoms with van der Waals surface area (Å²) in [6.45, 7) is 7.09. The van der Waals surface area contributed by atoms with Crippen LogP contribution in [0.25, 0.3) is 43.9 Å². The molecular formula is C38H37F4N5O4S. The van der Waals surface area contributed by atoms with Crippen molar-refractivity contribution in [3.05, 3.63) is 89.0 Å². The van der Waals surface area contributed by atoms with Crippen molar-refractivity contribution in [2.75, 3.05) is 53.7 Å². The molecule has 0 fully saturated rings. The lowest BCUT2D eigenvalue weighted by atomic mass is 9.92. The minimum atomic E-state index is -3.06. The van der Waals surface area contributed by atoms with E-state index in [1.165, 1.54) is 37.7 Å². The van der Waals surface area contributed by atoms with Crippen LogP contribution < -0.4 is 4.74 Å². The average molecular weight is 736 g/mol. The number of nitrogens with zero attached hydrogens (tertiary/aromatic N) is 5. The van der Waals surface area contributed by atoms with Gasteiger partial charge >= 0.3 is 0 Å². The second kappa shape index (κ2) is 14.4. The summed E-state index contributed by atoms with van der Waals surface area (Å²) in [4.78, 5) is 21.2. The van der Waals surface area contributed by atoms with Gasteiger partial charge in [0.05, 0.1) is 49.3 Å². The first-order valence-corrected chi connectivity index (χ1v) is 17.7. The summed E-state index contributed by atoms with van der Waals surface area (Å²) >= 11 is 1.34. The van der Waals surface area contributed by atoms with Gasteiger partial charge < -0.3 is 19.1 Å². The number of alkyl halides is 2. The van der Waals surface area contributed by atoms with Gasteiger partial charge in [-0.15, -0.1) is 11.3 Å². The summed E-state index contributed by atoms with van der Waals surface area (Å²) in [6, 6.07) is 10.1. The number of halogens is 4. The number of rotatable bonds is 11. The number of ether oxygens (including phenoxy) is 3. The minimum absolute atomic E-state index is 0.000327. The molecule has 0 saturated heterocycles. The predicted octanol–water partition coefficient (Wildman–Crippen LogP) is 7.44. The van der Waals surface area contributed by atoms with Gasteiger partial charge in [-0.2, -0.15) is 13.9 Å². The highest BCUT2D eigenvalue weighted by Gasteiger charge is 2.40. The van der Waals surface area contributed by atoms with Gasteiger partial charge in [0.1, 0.15) is 35.4 Å². The molecule has 0 aliphatic carbocycles. The van der Waals surface area contributed by atoms with Crippen LogP contribution >= 0.6 is 11.3 Å². The van der Waals surface area contributed by atoms with Crippen molar-refractivity contribution in [3.8, 4) is 39.5 Å². The standard InChI is InChI=1S/C38H37F4N5O4S/c1-5-32(48)46-9-10-47-30(22(46)2)19-29(44-47)36-34(33-28(40)17-25(39)18-31(33)51-14-13-50-4)37-26(8-15-52-37)35(43-36)23-6-7-27-24(16-23)20-45(11-12-49-3)21-38(27,41)42/h5-8,15-19,22H,1,9-14,20-21H2,2-4H3. The summed E-state index contributed by atoms with van der Waals surface area (Å²) < 4.78 is 80.3. The third kappa shape index (κ3) is 6.48. The number of thiophene rings is 1. The Labute approximate surface area is 302 Å². The zero-order valence-corrected chi connectivity index (χ0v) is 29.7. The molecule has 2 aliphatic heterocycles. The topological polar surface area (TPSA) is 82.0 Å². The van der Waals surface area contributed by atoms with Gasteiger partial charge in [-0.25, -0.2) is 13.8 Å². The summed E-state index contributed by atoms with van der Waals surface area (Å²) in [5, 5.41) is 7.39. The first kappa shape index (κ1) is 35.8. The van der Waals surface area contributed by atoms with Crippen LogP contribution in [0.5, 0.6) is 5.75 Å². The summed E-state index contributed by atoms with van der Waals surface area (Å²) in [5.41, 5.74) is 3.27. The second-order valence-electron chi connectivity index (χ2n) is 12.8. The van der Waals surface area contributed by atoms with E-state index in [2.05, 4.69) is 6.58 Å². The highest BCUT2D eigenvalue weighted by Crippen LogP contribution is 2.48. The van der Waals surface area contributed by atoms with E-state index in [4.69, 9.17) is 24.3 Å². The van der Waals surface area contributed by atoms with Crippen LogP contribution in [0.15, 0.2) is 60.5 Å². The average Bonchev–Trinajstić information content (AvgIpc) is 3.78. The predicted molar refractivity (Wildman–Crippen MR) is 190 cm³/mol. The Morgan fingerprint density at radius 1 is 1.04 bits per heavy atom. The fourth-order valence-corrected chi connectivity index (χ4v) is 8.06. The number of carbonyl (C=O) groups is 1. The van der Waals surface area contributed by atoms with Crippen molar-refractivity contribution in [1.82, 2.24) is 24.6 Å². The van der Waals surface area contributed by atoms with Crippen molar-refractivity contribution >= 4 is 27.3 Å². The van der Waals surface area contributed by atoms with E-state index in [9.17, 15) is 9.18 Å². The number of amides is 1. The first-order valence-electron chi connectivity index (χ1n) is 16.8. The molecule has 0 N–H and O–H groups in total. The number of benzene rings is 2. The van der Waals surface area contributed by atoms with E-state index < -0.39 is 24.1 Å². The Morgan fingerprint density at radius 2 is 1.85 bits per heavy atom. The van der Waals surface area contributed by atoms with Gasteiger partial charge in [0.2, 0.25) is 5.91 Å². The Kier molecular flexibility index (Phi) is 9.91. The number of hydrogen-bond acceptors (Lipinski definition) is 8. The molecule has 272 valence electrons. The van der Waals surface area contributed by atoms with Gasteiger partial charge in [0.25, 0.3) is 5.92 Å². The summed E-state index contributed by atoms with van der Waals surface area (Å²) in [6.07, 6.45) is 1.27. The van der Waals surface area contributed by atoms with Crippen LogP contribution in [0.2, 0.25) is 0 Å². The maximum absolute atomic E-state index is 16.2. The summed E-state index contributed by atoms with van der Waals surface area (Å²) in [5.74, 6) is -4.98. The van der Waals surface area contributed by atoms with Crippen molar-refractivity contribution in [2.24, 2.45) is 0 Å². The summed E-state index contributed by atoms with van der Waals surface area (Å²) in [7, 11) is 3.03. The zero-order chi connectivity index (χ0) is 36.7. The van der Waals surface area contributed by atoms with Crippen molar-refractivity contribution in [2.45, 2.75) is 32.0 Å². The fourth-order valence-electron chi connectivity index (χ4n) is 7.11. The number of pyridine rings is 1. The van der Waals surface area contributed by atoms with Gasteiger partial charge in [0, 0.05) is 72.8 Å². The Hall–Kier alpha value is -4.63. The quantitative estimate of drug-likeness (QED) is 0.0793. The molecule has 0 saturated carbocycles. The van der Waals surface area contributed by atoms with Crippen molar-refractivity contribution in [1.29, 1.82) is 0 Å². The van der Waals surface area contributed by atoms with Gasteiger partial charge in [-0.3, -0.25) is 14.4 Å². The molecule has 1 amide bonds. The first-order chi connectivity index (χ1) is 25.0. The number of hydrogen-bond donors (Lipinski definition) is 0. The molecule has 5 aromatic rings. The van der Waals surface area contributed by atoms with E-state index >= 15 is 13.2 Å². The van der Waals surface area contributed by atoms with E-state index in [1.54, 1.807) is 26.6 Å². The molecule has 5 heterocycles. The van der Waals surface area contributed by atoms with Crippen molar-refractivity contribution in [3.63, 3.8) is 0 Å². The molecular weight excluding hydrogens is 699 g/mol. The molecule has 2 aromatic carbocycles. The molecule has 0 bridgehead atoms. The third-order valence-corrected chi connectivity index (χ3v) is 10.5. The van der Waals surface area contributed by atoms with Crippen LogP contribution in [0.1, 0.15) is 29.8 Å². The van der Waals surface area contributed by atoms with E-state index in [0.717, 1.165) is 17.8 Å². The van der Waals surface area contributed by atoms with E-state index in [0.29, 0.717) is 71.0 Å². The molecule has 7 rings (SSSR count). The van der Waals surface area contributed by atoms with Crippen LogP contribution in [-0.2, 0) is 33.3 Å². The Balaban J connectivity index is 1.46. The lowest BCUT2D eigenvalue weighted by molar-refractivity contribution is -0.129. The van der Waals surface area contributed by atoms with Gasteiger partial charge in [-0.1, -0.05) is 18.7 Å². The molecule has 0 spiro atoms. The number of methoxy groups -OCH3 is 2. The minimum Gasteiger partial charge on any atom is -0.490 e. The largest absolute Gasteiger partial charge is 0.490 e. The number of carbonyl (C=O) groups excluding carboxylic acids is 1. The molecule has 52 heavy (non-hydrogen) atoms. The molecule has 0 radical (unpaired) electrons. The van der Waals surface area contributed by atoms with Gasteiger partial charge in [-0.05, 0) is 42.1 Å². The highest BCUT2D eigenvalue weighted by atomic mass is 32.1. The lowest BCUT2D eigenvalue weighted by Gasteiger charge is -2.34. The van der Waals surface area contributed by atoms with Crippen LogP contribution in [0, 0.1) is 11.6 Å². The maximum Gasteiger partial charge on any atom is 0.285 e. The molecule has 1 atom stereocenters. The zero-order valence-electron chi connectivity index (χ0n) is 28.9. The normalized spacial score (nSPS) is 16.9. The number of fused-ring (bicyclic) bond motifs is 3.